The number of ketones is 1. The molecule has 1 spiro atoms. The summed E-state index contributed by atoms with van der Waals surface area (Å²) in [5, 5.41) is 0. The fourth-order valence-corrected chi connectivity index (χ4v) is 9.76. The van der Waals surface area contributed by atoms with Crippen LogP contribution in [0.1, 0.15) is 52.8 Å². The van der Waals surface area contributed by atoms with Crippen molar-refractivity contribution in [2.45, 2.75) is 95.6 Å². The Kier molecular flexibility index (Phi) is 12.5. The summed E-state index contributed by atoms with van der Waals surface area (Å²) in [6, 6.07) is 6.92. The predicted molar refractivity (Wildman–Crippen MR) is 230 cm³/mol. The highest BCUT2D eigenvalue weighted by molar-refractivity contribution is 6.76. The van der Waals surface area contributed by atoms with Gasteiger partial charge in [-0.2, -0.15) is 0 Å². The maximum atomic E-state index is 14.2. The van der Waals surface area contributed by atoms with Crippen LogP contribution in [0.2, 0.25) is 51.4 Å². The van der Waals surface area contributed by atoms with Crippen LogP contribution in [0.15, 0.2) is 24.3 Å². The monoisotopic (exact) mass is 864 g/mol. The molecule has 4 heterocycles. The number of hydrogen-bond donors (Lipinski definition) is 0. The quantitative estimate of drug-likeness (QED) is 0.135. The summed E-state index contributed by atoms with van der Waals surface area (Å²) in [4.78, 5) is 74.6. The number of anilines is 2. The Morgan fingerprint density at radius 1 is 0.633 bits per heavy atom. The average Bonchev–Trinajstić information content (AvgIpc) is 3.70. The minimum atomic E-state index is -1.41. The first-order valence-electron chi connectivity index (χ1n) is 21.0. The summed E-state index contributed by atoms with van der Waals surface area (Å²) in [7, 11) is 0.190. The van der Waals surface area contributed by atoms with Crippen LogP contribution in [0.25, 0.3) is 0 Å². The molecule has 2 aromatic carbocycles. The fourth-order valence-electron chi connectivity index (χ4n) is 8.25. The van der Waals surface area contributed by atoms with Gasteiger partial charge in [-0.3, -0.25) is 33.8 Å². The van der Waals surface area contributed by atoms with Crippen LogP contribution in [0.3, 0.4) is 0 Å². The van der Waals surface area contributed by atoms with Gasteiger partial charge in [0.05, 0.1) is 56.5 Å². The van der Waals surface area contributed by atoms with Gasteiger partial charge in [0.1, 0.15) is 25.5 Å². The largest absolute Gasteiger partial charge is 0.493 e. The normalized spacial score (nSPS) is 20.8. The predicted octanol–water partition coefficient (Wildman–Crippen LogP) is 5.65. The van der Waals surface area contributed by atoms with Gasteiger partial charge in [0, 0.05) is 60.9 Å². The summed E-state index contributed by atoms with van der Waals surface area (Å²) in [6.07, 6.45) is 3.05. The minimum absolute atomic E-state index is 0.0270. The van der Waals surface area contributed by atoms with Gasteiger partial charge in [-0.05, 0) is 48.9 Å². The molecule has 17 heteroatoms. The van der Waals surface area contributed by atoms with Gasteiger partial charge >= 0.3 is 0 Å². The number of hydrogen-bond acceptors (Lipinski definition) is 11. The van der Waals surface area contributed by atoms with Crippen molar-refractivity contribution in [2.24, 2.45) is 5.41 Å². The minimum Gasteiger partial charge on any atom is -0.493 e. The maximum absolute atomic E-state index is 14.2. The highest BCUT2D eigenvalue weighted by Crippen LogP contribution is 2.56. The summed E-state index contributed by atoms with van der Waals surface area (Å²) >= 11 is 0. The molecule has 0 radical (unpaired) electrons. The van der Waals surface area contributed by atoms with Crippen molar-refractivity contribution in [3.63, 3.8) is 0 Å². The van der Waals surface area contributed by atoms with E-state index in [1.54, 1.807) is 34.1 Å². The van der Waals surface area contributed by atoms with Crippen LogP contribution < -0.4 is 28.7 Å². The zero-order valence-electron chi connectivity index (χ0n) is 36.4. The molecule has 0 unspecified atom stereocenters. The van der Waals surface area contributed by atoms with Crippen molar-refractivity contribution in [1.29, 1.82) is 0 Å². The molecule has 60 heavy (non-hydrogen) atoms. The Hall–Kier alpha value is -4.46. The van der Waals surface area contributed by atoms with E-state index in [4.69, 9.17) is 28.4 Å². The Labute approximate surface area is 354 Å². The van der Waals surface area contributed by atoms with E-state index in [-0.39, 0.29) is 74.1 Å². The topological polar surface area (TPSA) is 154 Å². The number of Topliss-reactive ketones (excluding diaryl/α,β-unsaturated/α-hetero) is 1. The molecule has 326 valence electrons. The van der Waals surface area contributed by atoms with E-state index in [1.165, 1.54) is 24.0 Å². The number of carbonyl (C=O) groups is 5. The zero-order valence-corrected chi connectivity index (χ0v) is 38.4. The molecule has 0 aromatic heterocycles. The molecule has 5 aliphatic rings. The highest BCUT2D eigenvalue weighted by Gasteiger charge is 2.57. The van der Waals surface area contributed by atoms with Crippen molar-refractivity contribution < 1.29 is 52.4 Å². The van der Waals surface area contributed by atoms with E-state index in [0.29, 0.717) is 72.5 Å². The van der Waals surface area contributed by atoms with Crippen molar-refractivity contribution in [2.75, 3.05) is 77.0 Å². The van der Waals surface area contributed by atoms with Gasteiger partial charge in [-0.15, -0.1) is 0 Å². The second-order valence-electron chi connectivity index (χ2n) is 19.2. The summed E-state index contributed by atoms with van der Waals surface area (Å²) < 4.78 is 36.0. The molecule has 4 aliphatic heterocycles. The Balaban J connectivity index is 1.07. The highest BCUT2D eigenvalue weighted by atomic mass is 28.3. The lowest BCUT2D eigenvalue weighted by Crippen LogP contribution is -2.45. The zero-order chi connectivity index (χ0) is 43.1. The molecule has 2 atom stereocenters. The molecule has 0 N–H and O–H groups in total. The van der Waals surface area contributed by atoms with Crippen LogP contribution in [0.5, 0.6) is 23.0 Å². The molecule has 4 amide bonds. The number of rotatable bonds is 18. The van der Waals surface area contributed by atoms with Crippen molar-refractivity contribution in [3.8, 4) is 23.0 Å². The fraction of sp³-hybridized carbons (Fsp3) is 0.605. The number of amides is 4. The van der Waals surface area contributed by atoms with Crippen molar-refractivity contribution >= 4 is 56.9 Å². The standard InChI is InChI=1S/C43H60N4O11Si2/c1-53-35-19-29-31(46(26-55-14-16-59(3,4)5)41(51)33-18-28(48)24-44(33)39(29)49)21-37(35)57-12-9-13-58-38-22-32-30(20-36(38)54-2)40(50)45-25-43(10-11-43)23-34(45)42(52)47(32)27-56-15-17-60(6,7)8/h19-22,33-34H,9-18,23-27H2,1-8H3/t33-,34-/m0/s1. The van der Waals surface area contributed by atoms with Crippen LogP contribution in [0, 0.1) is 5.41 Å². The second kappa shape index (κ2) is 17.1. The first-order chi connectivity index (χ1) is 28.4. The third-order valence-electron chi connectivity index (χ3n) is 12.1. The lowest BCUT2D eigenvalue weighted by Gasteiger charge is -2.26. The molecule has 7 rings (SSSR count). The smallest absolute Gasteiger partial charge is 0.257 e. The van der Waals surface area contributed by atoms with E-state index >= 15 is 0 Å². The lowest BCUT2D eigenvalue weighted by molar-refractivity contribution is -0.124. The van der Waals surface area contributed by atoms with E-state index in [2.05, 4.69) is 39.3 Å². The van der Waals surface area contributed by atoms with E-state index < -0.39 is 34.1 Å². The number of nitrogens with zero attached hydrogens (tertiary/aromatic N) is 4. The van der Waals surface area contributed by atoms with E-state index in [9.17, 15) is 24.0 Å². The van der Waals surface area contributed by atoms with Crippen LogP contribution >= 0.6 is 0 Å². The van der Waals surface area contributed by atoms with Crippen LogP contribution in [0.4, 0.5) is 11.4 Å². The first kappa shape index (κ1) is 43.6. The molecular weight excluding hydrogens is 805 g/mol. The Morgan fingerprint density at radius 3 is 1.58 bits per heavy atom. The van der Waals surface area contributed by atoms with Gasteiger partial charge in [-0.25, -0.2) is 0 Å². The van der Waals surface area contributed by atoms with Crippen LogP contribution in [-0.4, -0.2) is 135 Å². The molecule has 1 saturated carbocycles. The SMILES string of the molecule is COc1cc2c(cc1OCCCOc1cc3c(cc1OC)C(=O)N1CC4(CC4)C[C@H]1C(=O)N3COCC[Si](C)(C)C)N(COCC[Si](C)(C)C)C(=O)[C@@H]1CC(=O)CN1C2=O. The summed E-state index contributed by atoms with van der Waals surface area (Å²) in [5.41, 5.74) is 1.38. The molecule has 15 nitrogen and oxygen atoms in total. The number of methoxy groups -OCH3 is 2. The number of benzene rings is 2. The third-order valence-corrected chi connectivity index (χ3v) is 15.5. The second-order valence-corrected chi connectivity index (χ2v) is 30.4. The molecular formula is C43H60N4O11Si2. The summed E-state index contributed by atoms with van der Waals surface area (Å²) in [5.74, 6) is 0.0201. The lowest BCUT2D eigenvalue weighted by atomic mass is 10.0. The van der Waals surface area contributed by atoms with E-state index in [1.807, 2.05) is 0 Å². The number of carbonyl (C=O) groups excluding carboxylic acids is 5. The number of ether oxygens (including phenoxy) is 6. The van der Waals surface area contributed by atoms with Crippen LogP contribution in [-0.2, 0) is 23.9 Å². The van der Waals surface area contributed by atoms with Gasteiger partial charge in [0.2, 0.25) is 0 Å². The molecule has 2 saturated heterocycles. The van der Waals surface area contributed by atoms with Gasteiger partial charge < -0.3 is 38.2 Å². The maximum Gasteiger partial charge on any atom is 0.257 e. The van der Waals surface area contributed by atoms with Gasteiger partial charge in [0.15, 0.2) is 28.8 Å². The van der Waals surface area contributed by atoms with E-state index in [0.717, 1.165) is 24.9 Å². The molecule has 3 fully saturated rings. The van der Waals surface area contributed by atoms with Crippen molar-refractivity contribution in [3.05, 3.63) is 35.4 Å². The molecule has 1 aliphatic carbocycles. The summed E-state index contributed by atoms with van der Waals surface area (Å²) in [6.45, 7) is 15.3. The van der Waals surface area contributed by atoms with Crippen molar-refractivity contribution in [1.82, 2.24) is 9.80 Å². The number of fused-ring (bicyclic) bond motifs is 4. The molecule has 0 bridgehead atoms. The molecule has 2 aromatic rings. The van der Waals surface area contributed by atoms with Gasteiger partial charge in [0.25, 0.3) is 23.6 Å². The Morgan fingerprint density at radius 2 is 1.12 bits per heavy atom. The third kappa shape index (κ3) is 9.23. The van der Waals surface area contributed by atoms with Gasteiger partial charge in [-0.1, -0.05) is 39.3 Å². The first-order valence-corrected chi connectivity index (χ1v) is 28.5. The average molecular weight is 865 g/mol. The Bertz CT molecular complexity index is 2030.